The van der Waals surface area contributed by atoms with E-state index in [1.54, 1.807) is 17.4 Å². The van der Waals surface area contributed by atoms with E-state index in [4.69, 9.17) is 11.6 Å². The van der Waals surface area contributed by atoms with Crippen LogP contribution in [-0.2, 0) is 10.0 Å². The minimum atomic E-state index is -3.53. The van der Waals surface area contributed by atoms with Crippen LogP contribution in [-0.4, -0.2) is 32.4 Å². The van der Waals surface area contributed by atoms with Crippen molar-refractivity contribution in [3.05, 3.63) is 21.6 Å². The maximum atomic E-state index is 13.0. The lowest BCUT2D eigenvalue weighted by Crippen LogP contribution is -2.44. The van der Waals surface area contributed by atoms with Gasteiger partial charge in [-0.3, -0.25) is 0 Å². The van der Waals surface area contributed by atoms with Gasteiger partial charge in [-0.25, -0.2) is 8.42 Å². The van der Waals surface area contributed by atoms with Gasteiger partial charge in [-0.05, 0) is 46.8 Å². The molecule has 1 aromatic carbocycles. The lowest BCUT2D eigenvalue weighted by atomic mass is 9.84. The van der Waals surface area contributed by atoms with E-state index in [9.17, 15) is 8.42 Å². The Morgan fingerprint density at radius 1 is 1.27 bits per heavy atom. The normalized spacial score (nSPS) is 26.0. The van der Waals surface area contributed by atoms with E-state index in [0.29, 0.717) is 27.6 Å². The number of likely N-dealkylation sites (N-methyl/N-ethyl adjacent to an activating group) is 1. The van der Waals surface area contributed by atoms with Gasteiger partial charge in [0.05, 0.1) is 10.7 Å². The Hall–Kier alpha value is -0.300. The Bertz CT molecular complexity index is 674. The number of rotatable bonds is 1. The van der Waals surface area contributed by atoms with Crippen molar-refractivity contribution in [3.8, 4) is 0 Å². The standard InChI is InChI=1S/C15H20BrClN2O2S/c1-19-14(10-5-3-2-4-6-10)9-18-13-7-11(16)12(17)8-15(13)22(19,20)21/h7-8,10,14,18H,2-6,9H2,1H3/t14-/m0/s1. The second kappa shape index (κ2) is 6.30. The summed E-state index contributed by atoms with van der Waals surface area (Å²) in [5, 5.41) is 3.73. The summed E-state index contributed by atoms with van der Waals surface area (Å²) in [7, 11) is -1.83. The predicted octanol–water partition coefficient (Wildman–Crippen LogP) is 4.10. The van der Waals surface area contributed by atoms with Gasteiger partial charge in [-0.1, -0.05) is 30.9 Å². The lowest BCUT2D eigenvalue weighted by Gasteiger charge is -2.34. The molecule has 1 heterocycles. The zero-order valence-electron chi connectivity index (χ0n) is 12.5. The van der Waals surface area contributed by atoms with E-state index in [2.05, 4.69) is 21.2 Å². The van der Waals surface area contributed by atoms with Crippen molar-refractivity contribution >= 4 is 43.2 Å². The number of anilines is 1. The van der Waals surface area contributed by atoms with Crippen molar-refractivity contribution in [3.63, 3.8) is 0 Å². The Morgan fingerprint density at radius 3 is 2.64 bits per heavy atom. The molecule has 0 aromatic heterocycles. The van der Waals surface area contributed by atoms with Crippen LogP contribution < -0.4 is 5.32 Å². The molecule has 1 aliphatic heterocycles. The summed E-state index contributed by atoms with van der Waals surface area (Å²) in [5.41, 5.74) is 0.626. The number of hydrogen-bond acceptors (Lipinski definition) is 3. The summed E-state index contributed by atoms with van der Waals surface area (Å²) in [6, 6.07) is 3.28. The minimum Gasteiger partial charge on any atom is -0.382 e. The van der Waals surface area contributed by atoms with Gasteiger partial charge in [-0.2, -0.15) is 4.31 Å². The average molecular weight is 408 g/mol. The van der Waals surface area contributed by atoms with Crippen molar-refractivity contribution in [1.82, 2.24) is 4.31 Å². The molecule has 1 saturated carbocycles. The third kappa shape index (κ3) is 2.90. The smallest absolute Gasteiger partial charge is 0.245 e. The Labute approximate surface area is 145 Å². The first-order valence-corrected chi connectivity index (χ1v) is 10.2. The van der Waals surface area contributed by atoms with Crippen LogP contribution in [0, 0.1) is 5.92 Å². The number of nitrogens with zero attached hydrogens (tertiary/aromatic N) is 1. The number of benzene rings is 1. The predicted molar refractivity (Wildman–Crippen MR) is 93.0 cm³/mol. The molecule has 4 nitrogen and oxygen atoms in total. The molecule has 1 aromatic rings. The maximum absolute atomic E-state index is 13.0. The molecule has 2 aliphatic rings. The van der Waals surface area contributed by atoms with Gasteiger partial charge < -0.3 is 5.32 Å². The van der Waals surface area contributed by atoms with Crippen LogP contribution in [0.3, 0.4) is 0 Å². The number of fused-ring (bicyclic) bond motifs is 1. The second-order valence-electron chi connectivity index (χ2n) is 6.13. The highest BCUT2D eigenvalue weighted by atomic mass is 79.9. The van der Waals surface area contributed by atoms with E-state index in [1.165, 1.54) is 25.3 Å². The van der Waals surface area contributed by atoms with Gasteiger partial charge >= 0.3 is 0 Å². The highest BCUT2D eigenvalue weighted by molar-refractivity contribution is 9.10. The first-order valence-electron chi connectivity index (χ1n) is 7.62. The monoisotopic (exact) mass is 406 g/mol. The van der Waals surface area contributed by atoms with Crippen molar-refractivity contribution in [1.29, 1.82) is 0 Å². The van der Waals surface area contributed by atoms with Crippen LogP contribution >= 0.6 is 27.5 Å². The number of halogens is 2. The number of nitrogens with one attached hydrogen (secondary N) is 1. The third-order valence-corrected chi connectivity index (χ3v) is 7.96. The zero-order valence-corrected chi connectivity index (χ0v) is 15.6. The fraction of sp³-hybridized carbons (Fsp3) is 0.600. The molecule has 1 aliphatic carbocycles. The molecule has 0 bridgehead atoms. The van der Waals surface area contributed by atoms with Crippen LogP contribution in [0.2, 0.25) is 5.02 Å². The molecule has 22 heavy (non-hydrogen) atoms. The summed E-state index contributed by atoms with van der Waals surface area (Å²) in [4.78, 5) is 0.265. The summed E-state index contributed by atoms with van der Waals surface area (Å²) in [5.74, 6) is 0.425. The molecule has 0 radical (unpaired) electrons. The summed E-state index contributed by atoms with van der Waals surface area (Å²) >= 11 is 9.47. The van der Waals surface area contributed by atoms with Gasteiger partial charge in [0, 0.05) is 24.1 Å². The minimum absolute atomic E-state index is 0.00440. The third-order valence-electron chi connectivity index (χ3n) is 4.84. The molecular formula is C15H20BrClN2O2S. The van der Waals surface area contributed by atoms with E-state index in [1.807, 2.05) is 0 Å². The van der Waals surface area contributed by atoms with E-state index in [0.717, 1.165) is 12.8 Å². The fourth-order valence-corrected chi connectivity index (χ4v) is 5.70. The molecule has 0 spiro atoms. The first kappa shape index (κ1) is 16.6. The SMILES string of the molecule is CN1[C@H](C2CCCCC2)CNc2cc(Br)c(Cl)cc2S1(=O)=O. The van der Waals surface area contributed by atoms with Crippen molar-refractivity contribution in [2.75, 3.05) is 18.9 Å². The van der Waals surface area contributed by atoms with Crippen LogP contribution in [0.1, 0.15) is 32.1 Å². The molecule has 3 rings (SSSR count). The summed E-state index contributed by atoms with van der Waals surface area (Å²) in [6.07, 6.45) is 5.86. The van der Waals surface area contributed by atoms with Gasteiger partial charge in [0.2, 0.25) is 10.0 Å². The topological polar surface area (TPSA) is 49.4 Å². The molecule has 1 fully saturated rings. The van der Waals surface area contributed by atoms with Crippen LogP contribution in [0.4, 0.5) is 5.69 Å². The summed E-state index contributed by atoms with van der Waals surface area (Å²) < 4.78 is 28.2. The number of sulfonamides is 1. The Morgan fingerprint density at radius 2 is 1.95 bits per heavy atom. The van der Waals surface area contributed by atoms with E-state index in [-0.39, 0.29) is 10.9 Å². The quantitative estimate of drug-likeness (QED) is 0.762. The first-order chi connectivity index (χ1) is 10.4. The van der Waals surface area contributed by atoms with Gasteiger partial charge in [0.25, 0.3) is 0 Å². The highest BCUT2D eigenvalue weighted by Crippen LogP contribution is 2.38. The second-order valence-corrected chi connectivity index (χ2v) is 9.36. The molecule has 0 saturated heterocycles. The zero-order chi connectivity index (χ0) is 15.9. The Balaban J connectivity index is 2.00. The van der Waals surface area contributed by atoms with E-state index >= 15 is 0 Å². The highest BCUT2D eigenvalue weighted by Gasteiger charge is 2.37. The molecule has 7 heteroatoms. The largest absolute Gasteiger partial charge is 0.382 e. The van der Waals surface area contributed by atoms with Crippen molar-refractivity contribution in [2.24, 2.45) is 5.92 Å². The molecule has 1 atom stereocenters. The van der Waals surface area contributed by atoms with Gasteiger partial charge in [-0.15, -0.1) is 0 Å². The van der Waals surface area contributed by atoms with Crippen LogP contribution in [0.5, 0.6) is 0 Å². The van der Waals surface area contributed by atoms with Crippen LogP contribution in [0.25, 0.3) is 0 Å². The van der Waals surface area contributed by atoms with Gasteiger partial charge in [0.15, 0.2) is 0 Å². The lowest BCUT2D eigenvalue weighted by molar-refractivity contribution is 0.222. The molecular weight excluding hydrogens is 388 g/mol. The molecule has 0 amide bonds. The maximum Gasteiger partial charge on any atom is 0.245 e. The number of hydrogen-bond donors (Lipinski definition) is 1. The molecule has 0 unspecified atom stereocenters. The van der Waals surface area contributed by atoms with Crippen LogP contribution in [0.15, 0.2) is 21.5 Å². The Kier molecular flexibility index (Phi) is 4.74. The average Bonchev–Trinajstić information content (AvgIpc) is 2.59. The fourth-order valence-electron chi connectivity index (χ4n) is 3.54. The van der Waals surface area contributed by atoms with Crippen molar-refractivity contribution in [2.45, 2.75) is 43.0 Å². The van der Waals surface area contributed by atoms with Gasteiger partial charge in [0.1, 0.15) is 4.90 Å². The van der Waals surface area contributed by atoms with E-state index < -0.39 is 10.0 Å². The molecule has 122 valence electrons. The van der Waals surface area contributed by atoms with Crippen molar-refractivity contribution < 1.29 is 8.42 Å². The molecule has 1 N–H and O–H groups in total. The summed E-state index contributed by atoms with van der Waals surface area (Å²) in [6.45, 7) is 0.640.